The number of hydrogen-bond donors (Lipinski definition) is 2. The average Bonchev–Trinajstić information content (AvgIpc) is 3.22. The van der Waals surface area contributed by atoms with Gasteiger partial charge in [0.15, 0.2) is 0 Å². The maximum atomic E-state index is 12.4. The number of ether oxygens (including phenoxy) is 1. The van der Waals surface area contributed by atoms with Gasteiger partial charge in [0, 0.05) is 44.2 Å². The molecule has 1 aliphatic heterocycles. The van der Waals surface area contributed by atoms with Crippen LogP contribution < -0.4 is 5.32 Å². The molecule has 0 bridgehead atoms. The van der Waals surface area contributed by atoms with Gasteiger partial charge in [0.25, 0.3) is 5.91 Å². The zero-order valence-corrected chi connectivity index (χ0v) is 14.3. The van der Waals surface area contributed by atoms with Crippen LogP contribution in [-0.2, 0) is 10.3 Å². The van der Waals surface area contributed by atoms with Gasteiger partial charge in [-0.15, -0.1) is 0 Å². The highest BCUT2D eigenvalue weighted by atomic mass is 16.5. The third-order valence-corrected chi connectivity index (χ3v) is 4.60. The van der Waals surface area contributed by atoms with Crippen LogP contribution in [0.25, 0.3) is 0 Å². The number of carbonyl (C=O) groups excluding carboxylic acids is 1. The van der Waals surface area contributed by atoms with Crippen molar-refractivity contribution < 1.29 is 14.6 Å². The van der Waals surface area contributed by atoms with Crippen LogP contribution in [0.4, 0.5) is 0 Å². The quantitative estimate of drug-likeness (QED) is 0.886. The topological polar surface area (TPSA) is 76.4 Å². The lowest BCUT2D eigenvalue weighted by Crippen LogP contribution is -2.46. The maximum Gasteiger partial charge on any atom is 0.271 e. The van der Waals surface area contributed by atoms with E-state index in [1.807, 2.05) is 10.7 Å². The van der Waals surface area contributed by atoms with Crippen molar-refractivity contribution in [3.05, 3.63) is 17.5 Å². The van der Waals surface area contributed by atoms with Crippen molar-refractivity contribution in [2.24, 2.45) is 0 Å². The molecular formula is C17H27N3O3. The first-order chi connectivity index (χ1) is 10.8. The molecule has 0 aromatic carbocycles. The molecule has 3 rings (SSSR count). The summed E-state index contributed by atoms with van der Waals surface area (Å²) >= 11 is 0. The highest BCUT2D eigenvalue weighted by Crippen LogP contribution is 2.41. The summed E-state index contributed by atoms with van der Waals surface area (Å²) in [7, 11) is 0. The summed E-state index contributed by atoms with van der Waals surface area (Å²) in [5.74, 6) is 0.317. The van der Waals surface area contributed by atoms with E-state index in [-0.39, 0.29) is 18.0 Å². The van der Waals surface area contributed by atoms with E-state index in [2.05, 4.69) is 31.2 Å². The van der Waals surface area contributed by atoms with Crippen LogP contribution in [0.3, 0.4) is 0 Å². The maximum absolute atomic E-state index is 12.4. The summed E-state index contributed by atoms with van der Waals surface area (Å²) in [4.78, 5) is 12.4. The number of amides is 1. The second-order valence-corrected chi connectivity index (χ2v) is 7.83. The number of nitrogens with one attached hydrogen (secondary N) is 1. The van der Waals surface area contributed by atoms with E-state index in [0.717, 1.165) is 5.69 Å². The smallest absolute Gasteiger partial charge is 0.271 e. The number of hydrogen-bond acceptors (Lipinski definition) is 4. The molecule has 6 heteroatoms. The molecule has 128 valence electrons. The lowest BCUT2D eigenvalue weighted by Gasteiger charge is -2.31. The molecule has 23 heavy (non-hydrogen) atoms. The van der Waals surface area contributed by atoms with Gasteiger partial charge in [-0.2, -0.15) is 5.10 Å². The van der Waals surface area contributed by atoms with Crippen molar-refractivity contribution in [2.75, 3.05) is 19.8 Å². The number of nitrogens with zero attached hydrogens (tertiary/aromatic N) is 2. The van der Waals surface area contributed by atoms with E-state index in [9.17, 15) is 9.90 Å². The minimum absolute atomic E-state index is 0.143. The first kappa shape index (κ1) is 16.5. The summed E-state index contributed by atoms with van der Waals surface area (Å²) in [6, 6.07) is 1.91. The van der Waals surface area contributed by atoms with Crippen molar-refractivity contribution in [1.82, 2.24) is 15.1 Å². The third-order valence-electron chi connectivity index (χ3n) is 4.60. The molecule has 1 aromatic heterocycles. The second kappa shape index (κ2) is 5.91. The summed E-state index contributed by atoms with van der Waals surface area (Å²) in [6.07, 6.45) is 3.44. The van der Waals surface area contributed by atoms with Crippen LogP contribution in [0.5, 0.6) is 0 Å². The van der Waals surface area contributed by atoms with E-state index in [1.165, 1.54) is 12.8 Å². The third kappa shape index (κ3) is 3.75. The first-order valence-corrected chi connectivity index (χ1v) is 8.47. The molecule has 1 amide bonds. The Morgan fingerprint density at radius 3 is 2.65 bits per heavy atom. The fraction of sp³-hybridized carbons (Fsp3) is 0.765. The van der Waals surface area contributed by atoms with Gasteiger partial charge in [-0.05, 0) is 39.7 Å². The Kier molecular flexibility index (Phi) is 4.23. The molecule has 1 saturated carbocycles. The predicted octanol–water partition coefficient (Wildman–Crippen LogP) is 1.79. The van der Waals surface area contributed by atoms with Crippen molar-refractivity contribution in [3.8, 4) is 0 Å². The zero-order valence-electron chi connectivity index (χ0n) is 14.3. The van der Waals surface area contributed by atoms with Gasteiger partial charge in [-0.25, -0.2) is 0 Å². The number of carbonyl (C=O) groups is 1. The van der Waals surface area contributed by atoms with Crippen molar-refractivity contribution in [2.45, 2.75) is 63.5 Å². The molecule has 2 aliphatic rings. The Morgan fingerprint density at radius 2 is 2.09 bits per heavy atom. The Balaban J connectivity index is 1.70. The van der Waals surface area contributed by atoms with Crippen molar-refractivity contribution in [1.29, 1.82) is 0 Å². The lowest BCUT2D eigenvalue weighted by atomic mass is 9.94. The zero-order chi connectivity index (χ0) is 16.7. The van der Waals surface area contributed by atoms with E-state index >= 15 is 0 Å². The largest absolute Gasteiger partial charge is 0.388 e. The Bertz CT molecular complexity index is 578. The number of aliphatic hydroxyl groups is 1. The van der Waals surface area contributed by atoms with Gasteiger partial charge < -0.3 is 15.2 Å². The molecule has 1 aliphatic carbocycles. The molecule has 0 atom stereocenters. The minimum atomic E-state index is -0.861. The molecule has 0 spiro atoms. The molecule has 2 heterocycles. The highest BCUT2D eigenvalue weighted by molar-refractivity contribution is 5.92. The number of rotatable bonds is 4. The van der Waals surface area contributed by atoms with Crippen LogP contribution in [0.15, 0.2) is 6.07 Å². The Labute approximate surface area is 137 Å². The van der Waals surface area contributed by atoms with Crippen molar-refractivity contribution >= 4 is 5.91 Å². The summed E-state index contributed by atoms with van der Waals surface area (Å²) in [5, 5.41) is 17.8. The van der Waals surface area contributed by atoms with E-state index in [0.29, 0.717) is 37.7 Å². The fourth-order valence-corrected chi connectivity index (χ4v) is 2.98. The highest BCUT2D eigenvalue weighted by Gasteiger charge is 2.34. The van der Waals surface area contributed by atoms with E-state index in [1.54, 1.807) is 0 Å². The van der Waals surface area contributed by atoms with Crippen LogP contribution in [0, 0.1) is 0 Å². The summed E-state index contributed by atoms with van der Waals surface area (Å²) in [6.45, 7) is 7.61. The van der Waals surface area contributed by atoms with Gasteiger partial charge in [0.05, 0.1) is 11.1 Å². The summed E-state index contributed by atoms with van der Waals surface area (Å²) in [5.41, 5.74) is 0.583. The molecule has 6 nitrogen and oxygen atoms in total. The van der Waals surface area contributed by atoms with E-state index in [4.69, 9.17) is 4.74 Å². The fourth-order valence-electron chi connectivity index (χ4n) is 2.98. The van der Waals surface area contributed by atoms with Gasteiger partial charge >= 0.3 is 0 Å². The molecule has 0 unspecified atom stereocenters. The Morgan fingerprint density at radius 1 is 1.43 bits per heavy atom. The summed E-state index contributed by atoms with van der Waals surface area (Å²) < 4.78 is 7.23. The normalized spacial score (nSPS) is 21.2. The van der Waals surface area contributed by atoms with Crippen LogP contribution in [0.2, 0.25) is 0 Å². The van der Waals surface area contributed by atoms with E-state index < -0.39 is 5.60 Å². The first-order valence-electron chi connectivity index (χ1n) is 8.47. The lowest BCUT2D eigenvalue weighted by molar-refractivity contribution is -0.0605. The average molecular weight is 321 g/mol. The monoisotopic (exact) mass is 321 g/mol. The van der Waals surface area contributed by atoms with Crippen LogP contribution in [-0.4, -0.2) is 46.2 Å². The van der Waals surface area contributed by atoms with Gasteiger partial charge in [0.1, 0.15) is 5.69 Å². The number of aromatic nitrogens is 2. The van der Waals surface area contributed by atoms with Gasteiger partial charge in [-0.3, -0.25) is 9.48 Å². The van der Waals surface area contributed by atoms with Gasteiger partial charge in [0.2, 0.25) is 0 Å². The second-order valence-electron chi connectivity index (χ2n) is 7.83. The standard InChI is InChI=1S/C17H27N3O3/c1-16(2,3)20-14(12-4-5-12)10-13(19-20)15(21)18-11-17(22)6-8-23-9-7-17/h10,12,22H,4-9,11H2,1-3H3,(H,18,21). The Hall–Kier alpha value is -1.40. The van der Waals surface area contributed by atoms with Crippen molar-refractivity contribution in [3.63, 3.8) is 0 Å². The molecule has 0 radical (unpaired) electrons. The van der Waals surface area contributed by atoms with Crippen LogP contribution in [0.1, 0.15) is 68.6 Å². The SMILES string of the molecule is CC(C)(C)n1nc(C(=O)NCC2(O)CCOCC2)cc1C1CC1. The predicted molar refractivity (Wildman–Crippen MR) is 86.5 cm³/mol. The molecule has 1 saturated heterocycles. The minimum Gasteiger partial charge on any atom is -0.388 e. The van der Waals surface area contributed by atoms with Gasteiger partial charge in [-0.1, -0.05) is 0 Å². The molecule has 2 N–H and O–H groups in total. The molecular weight excluding hydrogens is 294 g/mol. The molecule has 1 aromatic rings. The van der Waals surface area contributed by atoms with Crippen LogP contribution >= 0.6 is 0 Å². The molecule has 2 fully saturated rings.